The third-order valence-corrected chi connectivity index (χ3v) is 4.76. The summed E-state index contributed by atoms with van der Waals surface area (Å²) < 4.78 is 10.6. The molecule has 1 aromatic carbocycles. The molecule has 0 amide bonds. The number of aromatic nitrogens is 2. The predicted molar refractivity (Wildman–Crippen MR) is 104 cm³/mol. The van der Waals surface area contributed by atoms with Crippen LogP contribution in [-0.4, -0.2) is 36.8 Å². The van der Waals surface area contributed by atoms with Crippen LogP contribution in [0, 0.1) is 0 Å². The summed E-state index contributed by atoms with van der Waals surface area (Å²) in [5.41, 5.74) is 1.18. The quantitative estimate of drug-likeness (QED) is 0.748. The lowest BCUT2D eigenvalue weighted by molar-refractivity contribution is 0.354. The first kappa shape index (κ1) is 18.3. The van der Waals surface area contributed by atoms with E-state index in [0.717, 1.165) is 30.3 Å². The molecular formula is C20H28N4O2. The van der Waals surface area contributed by atoms with Gasteiger partial charge in [-0.05, 0) is 43.0 Å². The first-order chi connectivity index (χ1) is 12.8. The van der Waals surface area contributed by atoms with Crippen molar-refractivity contribution in [2.45, 2.75) is 44.6 Å². The van der Waals surface area contributed by atoms with Gasteiger partial charge >= 0.3 is 0 Å². The van der Waals surface area contributed by atoms with Crippen molar-refractivity contribution in [1.29, 1.82) is 0 Å². The Labute approximate surface area is 155 Å². The molecule has 2 N–H and O–H groups in total. The van der Waals surface area contributed by atoms with Crippen molar-refractivity contribution in [3.8, 4) is 11.5 Å². The Bertz CT molecular complexity index is 702. The van der Waals surface area contributed by atoms with Crippen molar-refractivity contribution < 1.29 is 9.47 Å². The van der Waals surface area contributed by atoms with Crippen LogP contribution < -0.4 is 20.1 Å². The van der Waals surface area contributed by atoms with E-state index in [1.165, 1.54) is 37.7 Å². The third kappa shape index (κ3) is 5.00. The number of benzene rings is 1. The molecule has 1 aliphatic carbocycles. The van der Waals surface area contributed by atoms with E-state index in [4.69, 9.17) is 9.47 Å². The van der Waals surface area contributed by atoms with Crippen molar-refractivity contribution in [1.82, 2.24) is 9.97 Å². The predicted octanol–water partition coefficient (Wildman–Crippen LogP) is 3.89. The minimum atomic E-state index is 0.505. The van der Waals surface area contributed by atoms with E-state index >= 15 is 0 Å². The van der Waals surface area contributed by atoms with Gasteiger partial charge in [0.15, 0.2) is 11.5 Å². The Hall–Kier alpha value is -2.50. The number of hydrogen-bond donors (Lipinski definition) is 2. The number of anilines is 2. The van der Waals surface area contributed by atoms with E-state index in [-0.39, 0.29) is 0 Å². The number of hydrogen-bond acceptors (Lipinski definition) is 6. The minimum absolute atomic E-state index is 0.505. The highest BCUT2D eigenvalue weighted by Gasteiger charge is 2.14. The molecule has 1 fully saturated rings. The van der Waals surface area contributed by atoms with E-state index in [0.29, 0.717) is 12.0 Å². The molecule has 26 heavy (non-hydrogen) atoms. The lowest BCUT2D eigenvalue weighted by Crippen LogP contribution is -2.23. The van der Waals surface area contributed by atoms with Gasteiger partial charge < -0.3 is 20.1 Å². The monoisotopic (exact) mass is 356 g/mol. The highest BCUT2D eigenvalue weighted by Crippen LogP contribution is 2.27. The highest BCUT2D eigenvalue weighted by molar-refractivity contribution is 5.44. The van der Waals surface area contributed by atoms with Gasteiger partial charge in [0, 0.05) is 18.8 Å². The van der Waals surface area contributed by atoms with E-state index in [1.54, 1.807) is 20.4 Å². The Kier molecular flexibility index (Phi) is 6.52. The number of nitrogens with zero attached hydrogens (tertiary/aromatic N) is 2. The van der Waals surface area contributed by atoms with Crippen LogP contribution in [0.5, 0.6) is 11.5 Å². The fourth-order valence-corrected chi connectivity index (χ4v) is 3.33. The van der Waals surface area contributed by atoms with Gasteiger partial charge in [-0.2, -0.15) is 4.98 Å². The Morgan fingerprint density at radius 3 is 2.62 bits per heavy atom. The highest BCUT2D eigenvalue weighted by atomic mass is 16.5. The molecule has 2 aromatic rings. The summed E-state index contributed by atoms with van der Waals surface area (Å²) in [4.78, 5) is 8.93. The van der Waals surface area contributed by atoms with Gasteiger partial charge in [0.2, 0.25) is 5.95 Å². The van der Waals surface area contributed by atoms with Crippen LogP contribution in [0.2, 0.25) is 0 Å². The molecule has 1 saturated carbocycles. The summed E-state index contributed by atoms with van der Waals surface area (Å²) in [5, 5.41) is 6.84. The molecule has 1 aromatic heterocycles. The largest absolute Gasteiger partial charge is 0.493 e. The molecule has 0 spiro atoms. The molecule has 3 rings (SSSR count). The second kappa shape index (κ2) is 9.27. The molecule has 0 unspecified atom stereocenters. The number of nitrogens with one attached hydrogen (secondary N) is 2. The summed E-state index contributed by atoms with van der Waals surface area (Å²) in [5.74, 6) is 3.07. The van der Waals surface area contributed by atoms with Crippen molar-refractivity contribution in [3.05, 3.63) is 36.0 Å². The Morgan fingerprint density at radius 2 is 1.85 bits per heavy atom. The van der Waals surface area contributed by atoms with Crippen LogP contribution in [0.3, 0.4) is 0 Å². The molecule has 0 bridgehead atoms. The second-order valence-electron chi connectivity index (χ2n) is 6.61. The van der Waals surface area contributed by atoms with Crippen LogP contribution in [-0.2, 0) is 6.42 Å². The molecule has 0 saturated heterocycles. The van der Waals surface area contributed by atoms with Crippen molar-refractivity contribution >= 4 is 11.8 Å². The van der Waals surface area contributed by atoms with Gasteiger partial charge in [0.05, 0.1) is 14.2 Å². The molecule has 0 atom stereocenters. The molecular weight excluding hydrogens is 328 g/mol. The van der Waals surface area contributed by atoms with E-state index < -0.39 is 0 Å². The van der Waals surface area contributed by atoms with E-state index in [2.05, 4.69) is 26.7 Å². The van der Waals surface area contributed by atoms with Crippen LogP contribution >= 0.6 is 0 Å². The SMILES string of the molecule is COc1ccc(CCNc2ccnc(NC3CCCCC3)n2)cc1OC. The van der Waals surface area contributed by atoms with Gasteiger partial charge in [0.1, 0.15) is 5.82 Å². The fourth-order valence-electron chi connectivity index (χ4n) is 3.33. The third-order valence-electron chi connectivity index (χ3n) is 4.76. The minimum Gasteiger partial charge on any atom is -0.493 e. The Morgan fingerprint density at radius 1 is 1.04 bits per heavy atom. The van der Waals surface area contributed by atoms with Gasteiger partial charge in [-0.3, -0.25) is 0 Å². The topological polar surface area (TPSA) is 68.3 Å². The molecule has 0 aliphatic heterocycles. The maximum Gasteiger partial charge on any atom is 0.224 e. The summed E-state index contributed by atoms with van der Waals surface area (Å²) in [7, 11) is 3.30. The molecule has 1 heterocycles. The zero-order valence-electron chi connectivity index (χ0n) is 15.6. The molecule has 0 radical (unpaired) electrons. The number of rotatable bonds is 8. The fraction of sp³-hybridized carbons (Fsp3) is 0.500. The molecule has 140 valence electrons. The normalized spacial score (nSPS) is 14.7. The summed E-state index contributed by atoms with van der Waals surface area (Å²) in [6, 6.07) is 8.41. The van der Waals surface area contributed by atoms with E-state index in [9.17, 15) is 0 Å². The molecule has 1 aliphatic rings. The van der Waals surface area contributed by atoms with Crippen molar-refractivity contribution in [2.24, 2.45) is 0 Å². The summed E-state index contributed by atoms with van der Waals surface area (Å²) in [6.07, 6.45) is 9.02. The molecule has 6 heteroatoms. The lowest BCUT2D eigenvalue weighted by atomic mass is 9.96. The molecule has 6 nitrogen and oxygen atoms in total. The van der Waals surface area contributed by atoms with Gasteiger partial charge in [-0.1, -0.05) is 25.3 Å². The number of ether oxygens (including phenoxy) is 2. The second-order valence-corrected chi connectivity index (χ2v) is 6.61. The van der Waals surface area contributed by atoms with Crippen LogP contribution in [0.4, 0.5) is 11.8 Å². The first-order valence-electron chi connectivity index (χ1n) is 9.33. The Balaban J connectivity index is 1.52. The van der Waals surface area contributed by atoms with Crippen molar-refractivity contribution in [2.75, 3.05) is 31.4 Å². The zero-order chi connectivity index (χ0) is 18.2. The average molecular weight is 356 g/mol. The lowest BCUT2D eigenvalue weighted by Gasteiger charge is -2.22. The number of methoxy groups -OCH3 is 2. The average Bonchev–Trinajstić information content (AvgIpc) is 2.69. The van der Waals surface area contributed by atoms with Crippen LogP contribution in [0.1, 0.15) is 37.7 Å². The maximum atomic E-state index is 5.36. The standard InChI is InChI=1S/C20H28N4O2/c1-25-17-9-8-15(14-18(17)26-2)10-12-21-19-11-13-22-20(24-19)23-16-6-4-3-5-7-16/h8-9,11,13-14,16H,3-7,10,12H2,1-2H3,(H2,21,22,23,24). The zero-order valence-corrected chi connectivity index (χ0v) is 15.6. The smallest absolute Gasteiger partial charge is 0.224 e. The maximum absolute atomic E-state index is 5.36. The van der Waals surface area contributed by atoms with Gasteiger partial charge in [-0.15, -0.1) is 0 Å². The van der Waals surface area contributed by atoms with E-state index in [1.807, 2.05) is 18.2 Å². The van der Waals surface area contributed by atoms with Crippen LogP contribution in [0.15, 0.2) is 30.5 Å². The first-order valence-corrected chi connectivity index (χ1v) is 9.33. The van der Waals surface area contributed by atoms with Crippen LogP contribution in [0.25, 0.3) is 0 Å². The summed E-state index contributed by atoms with van der Waals surface area (Å²) in [6.45, 7) is 0.787. The van der Waals surface area contributed by atoms with Gasteiger partial charge in [-0.25, -0.2) is 4.98 Å². The van der Waals surface area contributed by atoms with Crippen molar-refractivity contribution in [3.63, 3.8) is 0 Å². The van der Waals surface area contributed by atoms with Gasteiger partial charge in [0.25, 0.3) is 0 Å². The summed E-state index contributed by atoms with van der Waals surface area (Å²) >= 11 is 0.